The molecule has 2 heterocycles. The van der Waals surface area contributed by atoms with Crippen molar-refractivity contribution in [3.8, 4) is 0 Å². The molecule has 0 aromatic carbocycles. The van der Waals surface area contributed by atoms with Gasteiger partial charge >= 0.3 is 0 Å². The third-order valence-corrected chi connectivity index (χ3v) is 5.09. The number of nitrogens with one attached hydrogen (secondary N) is 2. The van der Waals surface area contributed by atoms with Crippen molar-refractivity contribution in [3.63, 3.8) is 0 Å². The Balaban J connectivity index is 1.70. The van der Waals surface area contributed by atoms with Crippen molar-refractivity contribution in [2.45, 2.75) is 39.0 Å². The molecule has 6 heteroatoms. The molecule has 2 N–H and O–H groups in total. The number of hydrogen-bond donors (Lipinski definition) is 2. The highest BCUT2D eigenvalue weighted by atomic mass is 32.1. The molecule has 0 saturated heterocycles. The van der Waals surface area contributed by atoms with E-state index in [0.29, 0.717) is 23.7 Å². The van der Waals surface area contributed by atoms with Crippen LogP contribution in [0.15, 0.2) is 16.9 Å². The van der Waals surface area contributed by atoms with E-state index in [1.165, 1.54) is 10.9 Å². The molecule has 2 aromatic rings. The van der Waals surface area contributed by atoms with E-state index in [1.807, 2.05) is 6.92 Å². The van der Waals surface area contributed by atoms with Crippen molar-refractivity contribution >= 4 is 17.2 Å². The van der Waals surface area contributed by atoms with Crippen molar-refractivity contribution in [2.24, 2.45) is 0 Å². The summed E-state index contributed by atoms with van der Waals surface area (Å²) in [4.78, 5) is 32.1. The van der Waals surface area contributed by atoms with Crippen LogP contribution in [0.2, 0.25) is 0 Å². The summed E-state index contributed by atoms with van der Waals surface area (Å²) in [5, 5.41) is 4.08. The number of nitrogens with zero attached hydrogens (tertiary/aromatic N) is 1. The molecule has 0 aliphatic heterocycles. The van der Waals surface area contributed by atoms with E-state index in [0.717, 1.165) is 30.0 Å². The molecule has 1 aliphatic rings. The Morgan fingerprint density at radius 1 is 1.45 bits per heavy atom. The highest BCUT2D eigenvalue weighted by Gasteiger charge is 2.24. The van der Waals surface area contributed by atoms with Crippen molar-refractivity contribution in [1.82, 2.24) is 15.3 Å². The molecular formula is C16H19N3O2S. The lowest BCUT2D eigenvalue weighted by Crippen LogP contribution is -2.31. The Kier molecular flexibility index (Phi) is 4.11. The van der Waals surface area contributed by atoms with Crippen LogP contribution in [0.5, 0.6) is 0 Å². The summed E-state index contributed by atoms with van der Waals surface area (Å²) in [5.41, 5.74) is 2.08. The normalized spacial score (nSPS) is 17.1. The van der Waals surface area contributed by atoms with E-state index in [1.54, 1.807) is 24.3 Å². The van der Waals surface area contributed by atoms with Crippen molar-refractivity contribution in [3.05, 3.63) is 49.3 Å². The first-order valence-electron chi connectivity index (χ1n) is 7.49. The minimum absolute atomic E-state index is 0.146. The van der Waals surface area contributed by atoms with Crippen LogP contribution in [0.4, 0.5) is 0 Å². The van der Waals surface area contributed by atoms with Crippen LogP contribution >= 0.6 is 11.3 Å². The largest absolute Gasteiger partial charge is 0.351 e. The second-order valence-electron chi connectivity index (χ2n) is 5.70. The van der Waals surface area contributed by atoms with Gasteiger partial charge in [0.2, 0.25) is 5.56 Å². The summed E-state index contributed by atoms with van der Waals surface area (Å²) in [6, 6.07) is 2.95. The van der Waals surface area contributed by atoms with Crippen LogP contribution in [-0.2, 0) is 6.42 Å². The number of aromatic nitrogens is 2. The summed E-state index contributed by atoms with van der Waals surface area (Å²) in [6.45, 7) is 4.36. The van der Waals surface area contributed by atoms with Gasteiger partial charge in [0.1, 0.15) is 0 Å². The summed E-state index contributed by atoms with van der Waals surface area (Å²) in [6.07, 6.45) is 3.30. The van der Waals surface area contributed by atoms with E-state index in [-0.39, 0.29) is 11.5 Å². The quantitative estimate of drug-likeness (QED) is 0.912. The first-order valence-corrected chi connectivity index (χ1v) is 8.30. The second-order valence-corrected chi connectivity index (χ2v) is 6.99. The third kappa shape index (κ3) is 2.97. The van der Waals surface area contributed by atoms with Gasteiger partial charge in [-0.3, -0.25) is 9.59 Å². The average Bonchev–Trinajstić information content (AvgIpc) is 2.85. The number of fused-ring (bicyclic) bond motifs is 1. The maximum atomic E-state index is 12.3. The molecule has 0 unspecified atom stereocenters. The van der Waals surface area contributed by atoms with Gasteiger partial charge in [0.15, 0.2) is 0 Å². The molecule has 116 valence electrons. The fourth-order valence-corrected chi connectivity index (χ4v) is 4.03. The van der Waals surface area contributed by atoms with E-state index >= 15 is 0 Å². The Morgan fingerprint density at radius 2 is 2.27 bits per heavy atom. The number of thiazole rings is 1. The molecule has 0 fully saturated rings. The second kappa shape index (κ2) is 6.04. The predicted molar refractivity (Wildman–Crippen MR) is 86.7 cm³/mol. The Bertz CT molecular complexity index is 763. The lowest BCUT2D eigenvalue weighted by atomic mass is 9.91. The van der Waals surface area contributed by atoms with Crippen LogP contribution in [0.25, 0.3) is 0 Å². The molecule has 0 radical (unpaired) electrons. The molecular weight excluding hydrogens is 298 g/mol. The molecule has 1 amide bonds. The average molecular weight is 317 g/mol. The monoisotopic (exact) mass is 317 g/mol. The molecule has 1 atom stereocenters. The lowest BCUT2D eigenvalue weighted by molar-refractivity contribution is 0.0949. The number of aryl methyl sites for hydroxylation is 3. The predicted octanol–water partition coefficient (Wildman–Crippen LogP) is 2.30. The smallest absolute Gasteiger partial charge is 0.253 e. The zero-order chi connectivity index (χ0) is 15.7. The molecule has 2 aromatic heterocycles. The molecule has 1 aliphatic carbocycles. The van der Waals surface area contributed by atoms with Gasteiger partial charge in [-0.2, -0.15) is 0 Å². The van der Waals surface area contributed by atoms with Gasteiger partial charge in [0.05, 0.1) is 16.3 Å². The number of carbonyl (C=O) groups is 1. The fourth-order valence-electron chi connectivity index (χ4n) is 2.96. The number of pyridine rings is 1. The number of aromatic amines is 1. The first kappa shape index (κ1) is 15.0. The van der Waals surface area contributed by atoms with Crippen LogP contribution in [-0.4, -0.2) is 22.4 Å². The van der Waals surface area contributed by atoms with Gasteiger partial charge in [-0.1, -0.05) is 0 Å². The van der Waals surface area contributed by atoms with Crippen molar-refractivity contribution in [1.29, 1.82) is 0 Å². The van der Waals surface area contributed by atoms with Crippen LogP contribution in [0.3, 0.4) is 0 Å². The minimum atomic E-state index is -0.191. The molecule has 0 spiro atoms. The van der Waals surface area contributed by atoms with Gasteiger partial charge in [0.25, 0.3) is 5.91 Å². The van der Waals surface area contributed by atoms with E-state index < -0.39 is 0 Å². The Labute approximate surface area is 132 Å². The summed E-state index contributed by atoms with van der Waals surface area (Å²) < 4.78 is 0. The van der Waals surface area contributed by atoms with E-state index in [9.17, 15) is 9.59 Å². The van der Waals surface area contributed by atoms with Crippen LogP contribution < -0.4 is 10.9 Å². The highest BCUT2D eigenvalue weighted by Crippen LogP contribution is 2.34. The Hall–Kier alpha value is -1.95. The number of H-pyrrole nitrogens is 1. The van der Waals surface area contributed by atoms with Gasteiger partial charge in [0, 0.05) is 29.1 Å². The molecule has 3 rings (SSSR count). The fraction of sp³-hybridized carbons (Fsp3) is 0.438. The molecule has 0 bridgehead atoms. The van der Waals surface area contributed by atoms with Gasteiger partial charge in [-0.25, -0.2) is 4.98 Å². The number of hydrogen-bond acceptors (Lipinski definition) is 4. The van der Waals surface area contributed by atoms with Crippen LogP contribution in [0, 0.1) is 13.8 Å². The van der Waals surface area contributed by atoms with Gasteiger partial charge in [-0.05, 0) is 39.2 Å². The Morgan fingerprint density at radius 3 is 3.05 bits per heavy atom. The van der Waals surface area contributed by atoms with Crippen LogP contribution in [0.1, 0.15) is 50.4 Å². The SMILES string of the molecule is Cc1nc2c(s1)CCC[C@H]2CNC(=O)c1ccc(=O)[nH]c1C. The zero-order valence-electron chi connectivity index (χ0n) is 12.7. The highest BCUT2D eigenvalue weighted by molar-refractivity contribution is 7.11. The maximum absolute atomic E-state index is 12.3. The maximum Gasteiger partial charge on any atom is 0.253 e. The summed E-state index contributed by atoms with van der Waals surface area (Å²) in [5.74, 6) is 0.147. The molecule has 22 heavy (non-hydrogen) atoms. The van der Waals surface area contributed by atoms with Gasteiger partial charge < -0.3 is 10.3 Å². The third-order valence-electron chi connectivity index (χ3n) is 4.05. The standard InChI is InChI=1S/C16H19N3O2S/c1-9-12(6-7-14(20)18-9)16(21)17-8-11-4-3-5-13-15(11)19-10(2)22-13/h6-7,11H,3-5,8H2,1-2H3,(H,17,21)(H,18,20)/t11-/m0/s1. The van der Waals surface area contributed by atoms with E-state index in [4.69, 9.17) is 0 Å². The number of rotatable bonds is 3. The van der Waals surface area contributed by atoms with Crippen molar-refractivity contribution < 1.29 is 4.79 Å². The molecule has 5 nitrogen and oxygen atoms in total. The summed E-state index contributed by atoms with van der Waals surface area (Å²) >= 11 is 1.77. The first-order chi connectivity index (χ1) is 10.5. The minimum Gasteiger partial charge on any atom is -0.351 e. The lowest BCUT2D eigenvalue weighted by Gasteiger charge is -2.21. The zero-order valence-corrected chi connectivity index (χ0v) is 13.5. The van der Waals surface area contributed by atoms with Crippen molar-refractivity contribution in [2.75, 3.05) is 6.54 Å². The summed E-state index contributed by atoms with van der Waals surface area (Å²) in [7, 11) is 0. The van der Waals surface area contributed by atoms with E-state index in [2.05, 4.69) is 15.3 Å². The topological polar surface area (TPSA) is 74.8 Å². The molecule has 0 saturated carbocycles. The van der Waals surface area contributed by atoms with Gasteiger partial charge in [-0.15, -0.1) is 11.3 Å². The number of amides is 1. The number of carbonyl (C=O) groups excluding carboxylic acids is 1.